The van der Waals surface area contributed by atoms with Gasteiger partial charge >= 0.3 is 0 Å². The summed E-state index contributed by atoms with van der Waals surface area (Å²) in [4.78, 5) is 11.4. The van der Waals surface area contributed by atoms with Gasteiger partial charge in [-0.3, -0.25) is 4.79 Å². The molecular weight excluding hydrogens is 212 g/mol. The van der Waals surface area contributed by atoms with Crippen LogP contribution in [-0.2, 0) is 6.42 Å². The highest BCUT2D eigenvalue weighted by molar-refractivity contribution is 6.30. The van der Waals surface area contributed by atoms with E-state index in [1.165, 1.54) is 0 Å². The second kappa shape index (κ2) is 4.07. The molecule has 0 spiro atoms. The normalized spacial score (nSPS) is 10.8. The van der Waals surface area contributed by atoms with E-state index >= 15 is 0 Å². The molecule has 0 saturated carbocycles. The molecule has 0 aliphatic heterocycles. The van der Waals surface area contributed by atoms with Gasteiger partial charge in [0.15, 0.2) is 5.76 Å². The number of hydrogen-bond donors (Lipinski definition) is 0. The lowest BCUT2D eigenvalue weighted by Gasteiger charge is -1.96. The number of ketones is 1. The van der Waals surface area contributed by atoms with E-state index in [1.807, 2.05) is 18.2 Å². The highest BCUT2D eigenvalue weighted by atomic mass is 35.5. The van der Waals surface area contributed by atoms with Crippen molar-refractivity contribution in [3.05, 3.63) is 35.6 Å². The molecule has 1 aromatic heterocycles. The SMILES string of the molecule is CCc1cccc2cc(C(=O)CCl)oc12. The van der Waals surface area contributed by atoms with Crippen LogP contribution in [0, 0.1) is 0 Å². The zero-order valence-electron chi connectivity index (χ0n) is 8.42. The number of halogens is 1. The van der Waals surface area contributed by atoms with Crippen molar-refractivity contribution in [3.8, 4) is 0 Å². The first-order valence-electron chi connectivity index (χ1n) is 4.87. The predicted octanol–water partition coefficient (Wildman–Crippen LogP) is 3.42. The van der Waals surface area contributed by atoms with Gasteiger partial charge in [-0.05, 0) is 18.1 Å². The minimum atomic E-state index is -0.171. The van der Waals surface area contributed by atoms with Gasteiger partial charge < -0.3 is 4.42 Å². The van der Waals surface area contributed by atoms with E-state index in [9.17, 15) is 4.79 Å². The molecular formula is C12H11ClO2. The molecule has 3 heteroatoms. The van der Waals surface area contributed by atoms with E-state index in [-0.39, 0.29) is 11.7 Å². The van der Waals surface area contributed by atoms with Gasteiger partial charge in [-0.2, -0.15) is 0 Å². The molecule has 15 heavy (non-hydrogen) atoms. The summed E-state index contributed by atoms with van der Waals surface area (Å²) in [6, 6.07) is 7.65. The maximum absolute atomic E-state index is 11.4. The number of benzene rings is 1. The molecule has 0 aliphatic carbocycles. The van der Waals surface area contributed by atoms with Crippen molar-refractivity contribution in [2.75, 3.05) is 5.88 Å². The summed E-state index contributed by atoms with van der Waals surface area (Å²) >= 11 is 5.48. The molecule has 0 N–H and O–H groups in total. The monoisotopic (exact) mass is 222 g/mol. The number of rotatable bonds is 3. The number of fused-ring (bicyclic) bond motifs is 1. The van der Waals surface area contributed by atoms with Crippen molar-refractivity contribution in [1.82, 2.24) is 0 Å². The fourth-order valence-corrected chi connectivity index (χ4v) is 1.74. The summed E-state index contributed by atoms with van der Waals surface area (Å²) in [5.74, 6) is 0.136. The van der Waals surface area contributed by atoms with E-state index in [0.717, 1.165) is 23.0 Å². The van der Waals surface area contributed by atoms with Gasteiger partial charge in [-0.15, -0.1) is 11.6 Å². The Balaban J connectivity index is 2.60. The first kappa shape index (κ1) is 10.2. The smallest absolute Gasteiger partial charge is 0.212 e. The van der Waals surface area contributed by atoms with Gasteiger partial charge in [0, 0.05) is 5.39 Å². The van der Waals surface area contributed by atoms with Gasteiger partial charge in [0.1, 0.15) is 5.58 Å². The zero-order chi connectivity index (χ0) is 10.8. The van der Waals surface area contributed by atoms with Gasteiger partial charge in [-0.25, -0.2) is 0 Å². The number of furan rings is 1. The van der Waals surface area contributed by atoms with Crippen LogP contribution in [0.2, 0.25) is 0 Å². The van der Waals surface area contributed by atoms with Gasteiger partial charge in [-0.1, -0.05) is 25.1 Å². The fraction of sp³-hybridized carbons (Fsp3) is 0.250. The van der Waals surface area contributed by atoms with Gasteiger partial charge in [0.25, 0.3) is 0 Å². The number of carbonyl (C=O) groups is 1. The zero-order valence-corrected chi connectivity index (χ0v) is 9.17. The molecule has 0 saturated heterocycles. The molecule has 0 aliphatic rings. The maximum atomic E-state index is 11.4. The Labute approximate surface area is 92.8 Å². The minimum Gasteiger partial charge on any atom is -0.453 e. The van der Waals surface area contributed by atoms with Crippen LogP contribution in [0.5, 0.6) is 0 Å². The number of Topliss-reactive ketones (excluding diaryl/α,β-unsaturated/α-hetero) is 1. The Morgan fingerprint density at radius 3 is 2.93 bits per heavy atom. The summed E-state index contributed by atoms with van der Waals surface area (Å²) in [5, 5.41) is 0.961. The number of aryl methyl sites for hydroxylation is 1. The van der Waals surface area contributed by atoms with Gasteiger partial charge in [0.2, 0.25) is 5.78 Å². The summed E-state index contributed by atoms with van der Waals surface area (Å²) in [6.07, 6.45) is 0.888. The Morgan fingerprint density at radius 1 is 1.47 bits per heavy atom. The third-order valence-corrected chi connectivity index (χ3v) is 2.65. The lowest BCUT2D eigenvalue weighted by Crippen LogP contribution is -1.96. The Morgan fingerprint density at radius 2 is 2.27 bits per heavy atom. The van der Waals surface area contributed by atoms with Crippen molar-refractivity contribution in [3.63, 3.8) is 0 Å². The Kier molecular flexibility index (Phi) is 2.78. The summed E-state index contributed by atoms with van der Waals surface area (Å²) < 4.78 is 5.51. The van der Waals surface area contributed by atoms with Crippen molar-refractivity contribution in [2.45, 2.75) is 13.3 Å². The highest BCUT2D eigenvalue weighted by Gasteiger charge is 2.12. The van der Waals surface area contributed by atoms with E-state index in [2.05, 4.69) is 6.92 Å². The van der Waals surface area contributed by atoms with Crippen molar-refractivity contribution in [1.29, 1.82) is 0 Å². The third kappa shape index (κ3) is 1.77. The summed E-state index contributed by atoms with van der Waals surface area (Å²) in [6.45, 7) is 2.06. The van der Waals surface area contributed by atoms with Crippen LogP contribution in [-0.4, -0.2) is 11.7 Å². The number of para-hydroxylation sites is 1. The average Bonchev–Trinajstić information content (AvgIpc) is 2.71. The maximum Gasteiger partial charge on any atom is 0.212 e. The van der Waals surface area contributed by atoms with Crippen LogP contribution in [0.1, 0.15) is 23.0 Å². The first-order valence-corrected chi connectivity index (χ1v) is 5.40. The van der Waals surface area contributed by atoms with Crippen LogP contribution in [0.3, 0.4) is 0 Å². The fourth-order valence-electron chi connectivity index (χ4n) is 1.61. The molecule has 1 aromatic carbocycles. The lowest BCUT2D eigenvalue weighted by molar-refractivity contribution is 0.0992. The Hall–Kier alpha value is -1.28. The van der Waals surface area contributed by atoms with E-state index in [1.54, 1.807) is 6.07 Å². The highest BCUT2D eigenvalue weighted by Crippen LogP contribution is 2.23. The topological polar surface area (TPSA) is 30.2 Å². The average molecular weight is 223 g/mol. The number of alkyl halides is 1. The molecule has 2 aromatic rings. The molecule has 2 rings (SSSR count). The van der Waals surface area contributed by atoms with E-state index < -0.39 is 0 Å². The standard InChI is InChI=1S/C12H11ClO2/c1-2-8-4-3-5-9-6-11(10(14)7-13)15-12(8)9/h3-6H,2,7H2,1H3. The van der Waals surface area contributed by atoms with E-state index in [0.29, 0.717) is 5.76 Å². The summed E-state index contributed by atoms with van der Waals surface area (Å²) in [5.41, 5.74) is 1.91. The van der Waals surface area contributed by atoms with Crippen LogP contribution in [0.25, 0.3) is 11.0 Å². The minimum absolute atomic E-state index is 0.0404. The van der Waals surface area contributed by atoms with Crippen LogP contribution >= 0.6 is 11.6 Å². The van der Waals surface area contributed by atoms with Crippen LogP contribution < -0.4 is 0 Å². The molecule has 0 bridgehead atoms. The van der Waals surface area contributed by atoms with Gasteiger partial charge in [0.05, 0.1) is 5.88 Å². The van der Waals surface area contributed by atoms with Crippen molar-refractivity contribution >= 4 is 28.4 Å². The van der Waals surface area contributed by atoms with Crippen molar-refractivity contribution < 1.29 is 9.21 Å². The Bertz CT molecular complexity index is 499. The predicted molar refractivity (Wildman–Crippen MR) is 60.6 cm³/mol. The number of hydrogen-bond acceptors (Lipinski definition) is 2. The molecule has 0 radical (unpaired) electrons. The molecule has 1 heterocycles. The quantitative estimate of drug-likeness (QED) is 0.589. The van der Waals surface area contributed by atoms with Crippen LogP contribution in [0.4, 0.5) is 0 Å². The van der Waals surface area contributed by atoms with E-state index in [4.69, 9.17) is 16.0 Å². The first-order chi connectivity index (χ1) is 7.26. The molecule has 0 unspecified atom stereocenters. The molecule has 0 fully saturated rings. The second-order valence-electron chi connectivity index (χ2n) is 3.36. The van der Waals surface area contributed by atoms with Crippen molar-refractivity contribution in [2.24, 2.45) is 0 Å². The number of carbonyl (C=O) groups excluding carboxylic acids is 1. The van der Waals surface area contributed by atoms with Crippen LogP contribution in [0.15, 0.2) is 28.7 Å². The molecule has 2 nitrogen and oxygen atoms in total. The molecule has 78 valence electrons. The molecule has 0 atom stereocenters. The molecule has 0 amide bonds. The largest absolute Gasteiger partial charge is 0.453 e. The lowest BCUT2D eigenvalue weighted by atomic mass is 10.1. The second-order valence-corrected chi connectivity index (χ2v) is 3.62. The summed E-state index contributed by atoms with van der Waals surface area (Å²) in [7, 11) is 0. The third-order valence-electron chi connectivity index (χ3n) is 2.40.